The van der Waals surface area contributed by atoms with E-state index in [0.29, 0.717) is 12.4 Å². The number of thiazole rings is 1. The van der Waals surface area contributed by atoms with Crippen LogP contribution in [0.25, 0.3) is 10.2 Å². The van der Waals surface area contributed by atoms with Gasteiger partial charge in [-0.1, -0.05) is 17.8 Å². The first-order valence-corrected chi connectivity index (χ1v) is 8.92. The molecule has 0 spiro atoms. The van der Waals surface area contributed by atoms with Crippen molar-refractivity contribution in [1.29, 1.82) is 0 Å². The van der Waals surface area contributed by atoms with E-state index in [9.17, 15) is 10.1 Å². The zero-order valence-electron chi connectivity index (χ0n) is 12.7. The highest BCUT2D eigenvalue weighted by Crippen LogP contribution is 2.29. The Morgan fingerprint density at radius 3 is 3.00 bits per heavy atom. The van der Waals surface area contributed by atoms with Crippen molar-refractivity contribution >= 4 is 33.3 Å². The fourth-order valence-corrected chi connectivity index (χ4v) is 3.96. The Morgan fingerprint density at radius 2 is 2.30 bits per heavy atom. The van der Waals surface area contributed by atoms with Gasteiger partial charge in [-0.2, -0.15) is 0 Å². The topological polar surface area (TPSA) is 68.5 Å². The van der Waals surface area contributed by atoms with Crippen molar-refractivity contribution in [3.63, 3.8) is 0 Å². The van der Waals surface area contributed by atoms with Crippen molar-refractivity contribution in [2.45, 2.75) is 10.9 Å². The molecule has 0 bridgehead atoms. The molecule has 0 radical (unpaired) electrons. The number of methoxy groups -OCH3 is 1. The largest absolute Gasteiger partial charge is 0.482 e. The molecule has 0 N–H and O–H groups in total. The van der Waals surface area contributed by atoms with Crippen molar-refractivity contribution in [1.82, 2.24) is 9.88 Å². The number of thioether (sulfide) groups is 1. The summed E-state index contributed by atoms with van der Waals surface area (Å²) in [7, 11) is 1.57. The summed E-state index contributed by atoms with van der Waals surface area (Å²) in [5.41, 5.74) is 2.21. The minimum atomic E-state index is -0.354. The second kappa shape index (κ2) is 6.59. The number of allylic oxidation sites excluding steroid dienone is 2. The molecule has 0 unspecified atom stereocenters. The standard InChI is InChI=1S/C15H15N3O3S2/c1-21-14-6-4-11(18(19)20)9-17(14)8-10-3-5-12-13(7-10)23-15(16-12)22-2/h3-7H,8-9H2,1-2H3. The van der Waals surface area contributed by atoms with E-state index in [1.54, 1.807) is 36.3 Å². The van der Waals surface area contributed by atoms with Crippen LogP contribution in [0.2, 0.25) is 0 Å². The van der Waals surface area contributed by atoms with E-state index in [2.05, 4.69) is 11.1 Å². The third-order valence-electron chi connectivity index (χ3n) is 3.51. The number of ether oxygens (including phenoxy) is 1. The lowest BCUT2D eigenvalue weighted by atomic mass is 10.2. The fraction of sp³-hybridized carbons (Fsp3) is 0.267. The molecule has 1 aliphatic heterocycles. The van der Waals surface area contributed by atoms with E-state index in [1.165, 1.54) is 6.08 Å². The van der Waals surface area contributed by atoms with E-state index in [-0.39, 0.29) is 17.2 Å². The lowest BCUT2D eigenvalue weighted by Gasteiger charge is -2.26. The van der Waals surface area contributed by atoms with Gasteiger partial charge in [-0.15, -0.1) is 11.3 Å². The molecule has 0 saturated carbocycles. The fourth-order valence-electron chi connectivity index (χ4n) is 2.40. The molecule has 3 rings (SSSR count). The maximum Gasteiger partial charge on any atom is 0.265 e. The average molecular weight is 349 g/mol. The summed E-state index contributed by atoms with van der Waals surface area (Å²) in [6.45, 7) is 0.775. The number of rotatable bonds is 5. The lowest BCUT2D eigenvalue weighted by molar-refractivity contribution is -0.428. The summed E-state index contributed by atoms with van der Waals surface area (Å²) < 4.78 is 7.48. The zero-order chi connectivity index (χ0) is 16.4. The van der Waals surface area contributed by atoms with Gasteiger partial charge in [-0.3, -0.25) is 10.1 Å². The normalized spacial score (nSPS) is 14.6. The SMILES string of the molecule is COC1=CC=C([N+](=O)[O-])CN1Cc1ccc2nc(SC)sc2c1. The Kier molecular flexibility index (Phi) is 4.53. The number of nitrogens with zero attached hydrogens (tertiary/aromatic N) is 3. The summed E-state index contributed by atoms with van der Waals surface area (Å²) in [6.07, 6.45) is 5.14. The second-order valence-corrected chi connectivity index (χ2v) is 7.05. The molecule has 0 fully saturated rings. The highest BCUT2D eigenvalue weighted by molar-refractivity contribution is 8.00. The molecule has 23 heavy (non-hydrogen) atoms. The van der Waals surface area contributed by atoms with Crippen LogP contribution in [-0.2, 0) is 11.3 Å². The molecule has 2 heterocycles. The number of fused-ring (bicyclic) bond motifs is 1. The first-order valence-electron chi connectivity index (χ1n) is 6.88. The van der Waals surface area contributed by atoms with Gasteiger partial charge in [-0.05, 0) is 24.0 Å². The van der Waals surface area contributed by atoms with Crippen LogP contribution in [0.4, 0.5) is 0 Å². The van der Waals surface area contributed by atoms with Crippen molar-refractivity contribution < 1.29 is 9.66 Å². The quantitative estimate of drug-likeness (QED) is 0.468. The minimum absolute atomic E-state index is 0.161. The Morgan fingerprint density at radius 1 is 1.48 bits per heavy atom. The molecule has 0 amide bonds. The monoisotopic (exact) mass is 349 g/mol. The highest BCUT2D eigenvalue weighted by atomic mass is 32.2. The Labute approximate surface area is 141 Å². The van der Waals surface area contributed by atoms with Crippen molar-refractivity contribution in [2.24, 2.45) is 0 Å². The third kappa shape index (κ3) is 3.32. The molecule has 0 aliphatic carbocycles. The summed E-state index contributed by atoms with van der Waals surface area (Å²) in [4.78, 5) is 17.0. The number of benzene rings is 1. The molecule has 1 aromatic heterocycles. The van der Waals surface area contributed by atoms with E-state index in [4.69, 9.17) is 4.74 Å². The predicted octanol–water partition coefficient (Wildman–Crippen LogP) is 3.48. The van der Waals surface area contributed by atoms with Crippen LogP contribution >= 0.6 is 23.1 Å². The van der Waals surface area contributed by atoms with Crippen molar-refractivity contribution in [3.8, 4) is 0 Å². The number of hydrogen-bond donors (Lipinski definition) is 0. The summed E-state index contributed by atoms with van der Waals surface area (Å²) in [5.74, 6) is 0.629. The van der Waals surface area contributed by atoms with Crippen LogP contribution in [0.1, 0.15) is 5.56 Å². The van der Waals surface area contributed by atoms with Crippen LogP contribution < -0.4 is 0 Å². The maximum absolute atomic E-state index is 11.0. The molecule has 1 aliphatic rings. The second-order valence-electron chi connectivity index (χ2n) is 4.97. The summed E-state index contributed by atoms with van der Waals surface area (Å²) in [5, 5.41) is 11.0. The molecule has 2 aromatic rings. The molecular weight excluding hydrogens is 334 g/mol. The van der Waals surface area contributed by atoms with E-state index >= 15 is 0 Å². The van der Waals surface area contributed by atoms with E-state index in [0.717, 1.165) is 20.1 Å². The van der Waals surface area contributed by atoms with Gasteiger partial charge in [0.15, 0.2) is 10.2 Å². The van der Waals surface area contributed by atoms with Crippen LogP contribution in [-0.4, -0.2) is 34.7 Å². The molecule has 8 heteroatoms. The van der Waals surface area contributed by atoms with Crippen molar-refractivity contribution in [2.75, 3.05) is 19.9 Å². The average Bonchev–Trinajstić information content (AvgIpc) is 2.97. The molecular formula is C15H15N3O3S2. The van der Waals surface area contributed by atoms with Crippen LogP contribution in [0.3, 0.4) is 0 Å². The predicted molar refractivity (Wildman–Crippen MR) is 92.0 cm³/mol. The van der Waals surface area contributed by atoms with Gasteiger partial charge in [0.05, 0.1) is 22.2 Å². The van der Waals surface area contributed by atoms with Crippen LogP contribution in [0.5, 0.6) is 0 Å². The molecule has 0 atom stereocenters. The van der Waals surface area contributed by atoms with Gasteiger partial charge < -0.3 is 9.64 Å². The van der Waals surface area contributed by atoms with Crippen molar-refractivity contribution in [3.05, 3.63) is 57.6 Å². The van der Waals surface area contributed by atoms with Gasteiger partial charge in [0.25, 0.3) is 5.70 Å². The first kappa shape index (κ1) is 15.8. The van der Waals surface area contributed by atoms with Gasteiger partial charge >= 0.3 is 0 Å². The highest BCUT2D eigenvalue weighted by Gasteiger charge is 2.23. The molecule has 1 aromatic carbocycles. The number of aromatic nitrogens is 1. The summed E-state index contributed by atoms with van der Waals surface area (Å²) >= 11 is 3.28. The Hall–Kier alpha value is -2.06. The Balaban J connectivity index is 1.84. The van der Waals surface area contributed by atoms with E-state index < -0.39 is 0 Å². The lowest BCUT2D eigenvalue weighted by Crippen LogP contribution is -2.30. The Bertz CT molecular complexity index is 813. The molecule has 6 nitrogen and oxygen atoms in total. The van der Waals surface area contributed by atoms with Gasteiger partial charge in [0.2, 0.25) is 0 Å². The van der Waals surface area contributed by atoms with Gasteiger partial charge in [0.1, 0.15) is 6.54 Å². The number of hydrogen-bond acceptors (Lipinski definition) is 7. The number of nitro groups is 1. The van der Waals surface area contributed by atoms with Gasteiger partial charge in [0, 0.05) is 18.7 Å². The van der Waals surface area contributed by atoms with Crippen LogP contribution in [0.15, 0.2) is 46.3 Å². The molecule has 0 saturated heterocycles. The zero-order valence-corrected chi connectivity index (χ0v) is 14.3. The first-order chi connectivity index (χ1) is 11.1. The van der Waals surface area contributed by atoms with E-state index in [1.807, 2.05) is 23.3 Å². The summed E-state index contributed by atoms with van der Waals surface area (Å²) in [6, 6.07) is 6.08. The third-order valence-corrected chi connectivity index (χ3v) is 5.51. The maximum atomic E-state index is 11.0. The smallest absolute Gasteiger partial charge is 0.265 e. The van der Waals surface area contributed by atoms with Gasteiger partial charge in [-0.25, -0.2) is 4.98 Å². The minimum Gasteiger partial charge on any atom is -0.482 e. The molecule has 120 valence electrons. The van der Waals surface area contributed by atoms with Crippen LogP contribution in [0, 0.1) is 10.1 Å².